The van der Waals surface area contributed by atoms with E-state index in [0.29, 0.717) is 0 Å². The second-order valence-corrected chi connectivity index (χ2v) is 5.23. The first-order chi connectivity index (χ1) is 7.03. The summed E-state index contributed by atoms with van der Waals surface area (Å²) < 4.78 is -0.705. The standard InChI is InChI=1S/C11H11BrN2O/c1-11(12)9(13-14(2)10(11)15)8-6-4-3-5-7-8/h3-7H,1-2H3/t11-/m1/s1. The van der Waals surface area contributed by atoms with Gasteiger partial charge in [-0.05, 0) is 12.5 Å². The van der Waals surface area contributed by atoms with Gasteiger partial charge < -0.3 is 0 Å². The Morgan fingerprint density at radius 1 is 1.33 bits per heavy atom. The van der Waals surface area contributed by atoms with Gasteiger partial charge in [-0.25, -0.2) is 5.01 Å². The second-order valence-electron chi connectivity index (χ2n) is 3.65. The average Bonchev–Trinajstić information content (AvgIpc) is 2.43. The molecule has 1 aliphatic rings. The molecule has 0 aliphatic carbocycles. The molecule has 0 bridgehead atoms. The molecule has 1 atom stereocenters. The van der Waals surface area contributed by atoms with Crippen molar-refractivity contribution < 1.29 is 4.79 Å². The van der Waals surface area contributed by atoms with E-state index in [-0.39, 0.29) is 5.91 Å². The summed E-state index contributed by atoms with van der Waals surface area (Å²) in [6.45, 7) is 1.82. The summed E-state index contributed by atoms with van der Waals surface area (Å²) in [5.41, 5.74) is 1.73. The zero-order valence-electron chi connectivity index (χ0n) is 8.57. The number of hydrazone groups is 1. The molecule has 0 saturated heterocycles. The summed E-state index contributed by atoms with van der Waals surface area (Å²) in [5.74, 6) is -0.0404. The molecule has 2 rings (SSSR count). The third-order valence-electron chi connectivity index (χ3n) is 2.44. The molecule has 4 heteroatoms. The molecule has 78 valence electrons. The number of nitrogens with zero attached hydrogens (tertiary/aromatic N) is 2. The van der Waals surface area contributed by atoms with E-state index in [1.807, 2.05) is 37.3 Å². The van der Waals surface area contributed by atoms with Gasteiger partial charge in [-0.1, -0.05) is 46.3 Å². The molecule has 0 spiro atoms. The Bertz CT molecular complexity index is 425. The van der Waals surface area contributed by atoms with Crippen LogP contribution >= 0.6 is 15.9 Å². The van der Waals surface area contributed by atoms with Crippen molar-refractivity contribution >= 4 is 27.5 Å². The Morgan fingerprint density at radius 2 is 1.93 bits per heavy atom. The summed E-state index contributed by atoms with van der Waals surface area (Å²) in [6, 6.07) is 9.71. The maximum Gasteiger partial charge on any atom is 0.265 e. The molecule has 0 radical (unpaired) electrons. The number of carbonyl (C=O) groups is 1. The summed E-state index contributed by atoms with van der Waals surface area (Å²) in [4.78, 5) is 11.8. The van der Waals surface area contributed by atoms with E-state index in [1.54, 1.807) is 7.05 Å². The van der Waals surface area contributed by atoms with Crippen LogP contribution in [0.3, 0.4) is 0 Å². The number of rotatable bonds is 1. The van der Waals surface area contributed by atoms with Crippen molar-refractivity contribution in [2.24, 2.45) is 5.10 Å². The van der Waals surface area contributed by atoms with Crippen LogP contribution in [0.5, 0.6) is 0 Å². The van der Waals surface area contributed by atoms with Crippen LogP contribution in [0.4, 0.5) is 0 Å². The molecular weight excluding hydrogens is 256 g/mol. The first-order valence-corrected chi connectivity index (χ1v) is 5.44. The summed E-state index contributed by atoms with van der Waals surface area (Å²) in [6.07, 6.45) is 0. The van der Waals surface area contributed by atoms with Gasteiger partial charge >= 0.3 is 0 Å². The highest BCUT2D eigenvalue weighted by molar-refractivity contribution is 9.10. The smallest absolute Gasteiger partial charge is 0.265 e. The first-order valence-electron chi connectivity index (χ1n) is 4.65. The predicted molar refractivity (Wildman–Crippen MR) is 63.1 cm³/mol. The number of alkyl halides is 1. The van der Waals surface area contributed by atoms with Gasteiger partial charge in [0.25, 0.3) is 5.91 Å². The molecule has 0 fully saturated rings. The molecule has 1 aromatic carbocycles. The topological polar surface area (TPSA) is 32.7 Å². The molecular formula is C11H11BrN2O. The Kier molecular flexibility index (Phi) is 2.38. The van der Waals surface area contributed by atoms with Gasteiger partial charge in [0.1, 0.15) is 4.32 Å². The van der Waals surface area contributed by atoms with Gasteiger partial charge in [0.05, 0.1) is 5.71 Å². The molecule has 0 saturated carbocycles. The fourth-order valence-corrected chi connectivity index (χ4v) is 2.18. The molecule has 1 aliphatic heterocycles. The maximum atomic E-state index is 11.8. The molecule has 1 amide bonds. The number of hydrogen-bond donors (Lipinski definition) is 0. The van der Waals surface area contributed by atoms with Crippen molar-refractivity contribution in [3.05, 3.63) is 35.9 Å². The van der Waals surface area contributed by atoms with Crippen LogP contribution in [0.25, 0.3) is 0 Å². The minimum atomic E-state index is -0.705. The summed E-state index contributed by atoms with van der Waals surface area (Å²) in [7, 11) is 1.66. The minimum absolute atomic E-state index is 0.0404. The zero-order valence-corrected chi connectivity index (χ0v) is 10.2. The highest BCUT2D eigenvalue weighted by Crippen LogP contribution is 2.31. The van der Waals surface area contributed by atoms with Crippen molar-refractivity contribution in [2.45, 2.75) is 11.2 Å². The molecule has 0 aromatic heterocycles. The van der Waals surface area contributed by atoms with Crippen LogP contribution in [0.2, 0.25) is 0 Å². The van der Waals surface area contributed by atoms with Crippen LogP contribution in [0.1, 0.15) is 12.5 Å². The van der Waals surface area contributed by atoms with E-state index in [4.69, 9.17) is 0 Å². The van der Waals surface area contributed by atoms with Crippen LogP contribution in [-0.4, -0.2) is 28.0 Å². The average molecular weight is 267 g/mol. The lowest BCUT2D eigenvalue weighted by Gasteiger charge is -2.15. The molecule has 0 unspecified atom stereocenters. The van der Waals surface area contributed by atoms with E-state index in [9.17, 15) is 4.79 Å². The SMILES string of the molecule is CN1N=C(c2ccccc2)[C@@](C)(Br)C1=O. The largest absolute Gasteiger partial charge is 0.271 e. The van der Waals surface area contributed by atoms with Gasteiger partial charge in [0.2, 0.25) is 0 Å². The van der Waals surface area contributed by atoms with Gasteiger partial charge in [0, 0.05) is 7.05 Å². The Morgan fingerprint density at radius 3 is 2.40 bits per heavy atom. The van der Waals surface area contributed by atoms with Crippen LogP contribution < -0.4 is 0 Å². The highest BCUT2D eigenvalue weighted by atomic mass is 79.9. The highest BCUT2D eigenvalue weighted by Gasteiger charge is 2.44. The molecule has 1 heterocycles. The van der Waals surface area contributed by atoms with Crippen molar-refractivity contribution in [2.75, 3.05) is 7.05 Å². The summed E-state index contributed by atoms with van der Waals surface area (Å²) in [5, 5.41) is 5.62. The number of benzene rings is 1. The maximum absolute atomic E-state index is 11.8. The lowest BCUT2D eigenvalue weighted by atomic mass is 9.99. The molecule has 1 aromatic rings. The number of halogens is 1. The van der Waals surface area contributed by atoms with E-state index in [1.165, 1.54) is 5.01 Å². The lowest BCUT2D eigenvalue weighted by Crippen LogP contribution is -2.37. The minimum Gasteiger partial charge on any atom is -0.271 e. The quantitative estimate of drug-likeness (QED) is 0.716. The third kappa shape index (κ3) is 1.59. The molecule has 0 N–H and O–H groups in total. The van der Waals surface area contributed by atoms with Crippen molar-refractivity contribution in [3.8, 4) is 0 Å². The van der Waals surface area contributed by atoms with Crippen molar-refractivity contribution in [1.29, 1.82) is 0 Å². The lowest BCUT2D eigenvalue weighted by molar-refractivity contribution is -0.128. The van der Waals surface area contributed by atoms with Crippen molar-refractivity contribution in [1.82, 2.24) is 5.01 Å². The number of amides is 1. The van der Waals surface area contributed by atoms with Gasteiger partial charge in [-0.3, -0.25) is 4.79 Å². The third-order valence-corrected chi connectivity index (χ3v) is 3.15. The van der Waals surface area contributed by atoms with E-state index in [2.05, 4.69) is 21.0 Å². The second kappa shape index (κ2) is 3.45. The van der Waals surface area contributed by atoms with Crippen LogP contribution in [0, 0.1) is 0 Å². The van der Waals surface area contributed by atoms with Crippen LogP contribution in [-0.2, 0) is 4.79 Å². The Labute approximate surface area is 96.9 Å². The number of hydrogen-bond acceptors (Lipinski definition) is 2. The molecule has 15 heavy (non-hydrogen) atoms. The first kappa shape index (κ1) is 10.4. The Balaban J connectivity index is 2.48. The fraction of sp³-hybridized carbons (Fsp3) is 0.273. The van der Waals surface area contributed by atoms with Crippen LogP contribution in [0.15, 0.2) is 35.4 Å². The number of carbonyl (C=O) groups excluding carboxylic acids is 1. The fourth-order valence-electron chi connectivity index (χ4n) is 1.62. The predicted octanol–water partition coefficient (Wildman–Crippen LogP) is 2.02. The van der Waals surface area contributed by atoms with Gasteiger partial charge in [-0.2, -0.15) is 5.10 Å². The molecule has 3 nitrogen and oxygen atoms in total. The summed E-state index contributed by atoms with van der Waals surface area (Å²) >= 11 is 3.43. The van der Waals surface area contributed by atoms with Gasteiger partial charge in [0.15, 0.2) is 0 Å². The zero-order chi connectivity index (χ0) is 11.1. The Hall–Kier alpha value is -1.16. The van der Waals surface area contributed by atoms with E-state index >= 15 is 0 Å². The van der Waals surface area contributed by atoms with E-state index in [0.717, 1.165) is 11.3 Å². The van der Waals surface area contributed by atoms with Gasteiger partial charge in [-0.15, -0.1) is 0 Å². The monoisotopic (exact) mass is 266 g/mol. The van der Waals surface area contributed by atoms with E-state index < -0.39 is 4.32 Å². The van der Waals surface area contributed by atoms with Crippen molar-refractivity contribution in [3.63, 3.8) is 0 Å². The normalized spacial score (nSPS) is 25.7.